The average molecular weight is 539 g/mol. The van der Waals surface area contributed by atoms with Gasteiger partial charge in [-0.05, 0) is 22.3 Å². The Morgan fingerprint density at radius 1 is 0.625 bits per heavy atom. The molecule has 0 aliphatic rings. The van der Waals surface area contributed by atoms with Crippen molar-refractivity contribution in [1.29, 1.82) is 0 Å². The summed E-state index contributed by atoms with van der Waals surface area (Å²) >= 11 is 0. The normalized spacial score (nSPS) is 13.0. The summed E-state index contributed by atoms with van der Waals surface area (Å²) in [7, 11) is 0. The number of hydrogen-bond acceptors (Lipinski definition) is 5. The first kappa shape index (κ1) is 29.4. The second-order valence-corrected chi connectivity index (χ2v) is 9.53. The number of rotatable bonds is 17. The Bertz CT molecular complexity index is 1140. The molecular formula is C35H38O5. The van der Waals surface area contributed by atoms with Crippen LogP contribution < -0.4 is 0 Å². The molecule has 0 saturated carbocycles. The third-order valence-electron chi connectivity index (χ3n) is 6.52. The Labute approximate surface area is 237 Å². The van der Waals surface area contributed by atoms with E-state index in [-0.39, 0.29) is 25.9 Å². The fourth-order valence-corrected chi connectivity index (χ4v) is 4.59. The number of benzene rings is 4. The molecular weight excluding hydrogens is 500 g/mol. The highest BCUT2D eigenvalue weighted by Crippen LogP contribution is 2.40. The first-order chi connectivity index (χ1) is 19.7. The van der Waals surface area contributed by atoms with Crippen LogP contribution in [0.15, 0.2) is 134 Å². The van der Waals surface area contributed by atoms with Crippen LogP contribution in [0.3, 0.4) is 0 Å². The molecule has 0 aliphatic carbocycles. The lowest BCUT2D eigenvalue weighted by Crippen LogP contribution is -2.37. The van der Waals surface area contributed by atoms with Gasteiger partial charge < -0.3 is 24.1 Å². The average Bonchev–Trinajstić information content (AvgIpc) is 3.02. The molecule has 2 atom stereocenters. The summed E-state index contributed by atoms with van der Waals surface area (Å²) in [6.45, 7) is 5.40. The van der Waals surface area contributed by atoms with Crippen molar-refractivity contribution in [2.75, 3.05) is 33.0 Å². The summed E-state index contributed by atoms with van der Waals surface area (Å²) in [6.07, 6.45) is 0.569. The molecule has 0 fully saturated rings. The zero-order valence-corrected chi connectivity index (χ0v) is 22.8. The highest BCUT2D eigenvalue weighted by Gasteiger charge is 2.38. The molecule has 0 spiro atoms. The van der Waals surface area contributed by atoms with Gasteiger partial charge in [0, 0.05) is 0 Å². The molecule has 0 saturated heterocycles. The van der Waals surface area contributed by atoms with E-state index >= 15 is 0 Å². The van der Waals surface area contributed by atoms with E-state index in [0.29, 0.717) is 19.8 Å². The van der Waals surface area contributed by atoms with Gasteiger partial charge in [0.1, 0.15) is 17.8 Å². The Morgan fingerprint density at radius 3 is 1.60 bits per heavy atom. The van der Waals surface area contributed by atoms with E-state index in [2.05, 4.69) is 43.0 Å². The van der Waals surface area contributed by atoms with Crippen molar-refractivity contribution in [1.82, 2.24) is 0 Å². The van der Waals surface area contributed by atoms with Gasteiger partial charge in [-0.25, -0.2) is 0 Å². The fraction of sp³-hybridized carbons (Fsp3) is 0.257. The lowest BCUT2D eigenvalue weighted by atomic mass is 9.80. The van der Waals surface area contributed by atoms with Crippen LogP contribution in [0, 0.1) is 0 Å². The Kier molecular flexibility index (Phi) is 11.7. The van der Waals surface area contributed by atoms with E-state index in [1.54, 1.807) is 6.08 Å². The maximum Gasteiger partial charge on any atom is 0.143 e. The molecule has 4 aromatic carbocycles. The Balaban J connectivity index is 1.42. The van der Waals surface area contributed by atoms with E-state index in [1.165, 1.54) is 0 Å². The quantitative estimate of drug-likeness (QED) is 0.0991. The minimum atomic E-state index is -0.898. The van der Waals surface area contributed by atoms with Crippen LogP contribution >= 0.6 is 0 Å². The standard InChI is InChI=1S/C35H38O5/c1-2-23-37-27-34(39-24-29-15-7-3-8-16-29)28-38-25-33(36)26-40-35(30-17-9-4-10-18-30,31-19-11-5-12-20-31)32-21-13-6-14-22-32/h2-22,33-34,36H,1,23-28H2. The van der Waals surface area contributed by atoms with Crippen LogP contribution in [0.5, 0.6) is 0 Å². The van der Waals surface area contributed by atoms with E-state index in [0.717, 1.165) is 22.3 Å². The van der Waals surface area contributed by atoms with Crippen molar-refractivity contribution >= 4 is 0 Å². The molecule has 2 unspecified atom stereocenters. The molecule has 0 radical (unpaired) electrons. The summed E-state index contributed by atoms with van der Waals surface area (Å²) < 4.78 is 24.3. The summed E-state index contributed by atoms with van der Waals surface area (Å²) in [5.41, 5.74) is 3.12. The van der Waals surface area contributed by atoms with E-state index in [9.17, 15) is 5.11 Å². The SMILES string of the molecule is C=CCOCC(COCC(O)COC(c1ccccc1)(c1ccccc1)c1ccccc1)OCc1ccccc1. The molecule has 5 nitrogen and oxygen atoms in total. The number of hydrogen-bond donors (Lipinski definition) is 1. The van der Waals surface area contributed by atoms with Crippen molar-refractivity contribution in [3.63, 3.8) is 0 Å². The number of aliphatic hydroxyl groups is 1. The maximum absolute atomic E-state index is 11.0. The van der Waals surface area contributed by atoms with Gasteiger partial charge in [-0.1, -0.05) is 127 Å². The molecule has 4 rings (SSSR count). The summed E-state index contributed by atoms with van der Waals surface area (Å²) in [6, 6.07) is 40.3. The zero-order chi connectivity index (χ0) is 27.9. The van der Waals surface area contributed by atoms with Crippen molar-refractivity contribution < 1.29 is 24.1 Å². The van der Waals surface area contributed by atoms with E-state index in [4.69, 9.17) is 18.9 Å². The topological polar surface area (TPSA) is 57.2 Å². The second-order valence-electron chi connectivity index (χ2n) is 9.53. The van der Waals surface area contributed by atoms with Crippen molar-refractivity contribution in [3.8, 4) is 0 Å². The molecule has 4 aromatic rings. The third-order valence-corrected chi connectivity index (χ3v) is 6.52. The predicted molar refractivity (Wildman–Crippen MR) is 158 cm³/mol. The molecule has 0 aliphatic heterocycles. The summed E-state index contributed by atoms with van der Waals surface area (Å²) in [4.78, 5) is 0. The Morgan fingerprint density at radius 2 is 1.10 bits per heavy atom. The van der Waals surface area contributed by atoms with Gasteiger partial charge in [0.05, 0.1) is 39.6 Å². The van der Waals surface area contributed by atoms with Gasteiger partial charge in [0.15, 0.2) is 0 Å². The first-order valence-electron chi connectivity index (χ1n) is 13.6. The molecule has 0 heterocycles. The lowest BCUT2D eigenvalue weighted by Gasteiger charge is -2.36. The van der Waals surface area contributed by atoms with Gasteiger partial charge in [0.2, 0.25) is 0 Å². The third kappa shape index (κ3) is 8.21. The summed E-state index contributed by atoms with van der Waals surface area (Å²) in [5, 5.41) is 11.0. The van der Waals surface area contributed by atoms with Crippen LogP contribution in [0.25, 0.3) is 0 Å². The molecule has 208 valence electrons. The molecule has 5 heteroatoms. The largest absolute Gasteiger partial charge is 0.388 e. The van der Waals surface area contributed by atoms with E-state index in [1.807, 2.05) is 84.9 Å². The first-order valence-corrected chi connectivity index (χ1v) is 13.6. The fourth-order valence-electron chi connectivity index (χ4n) is 4.59. The second kappa shape index (κ2) is 15.9. The molecule has 1 N–H and O–H groups in total. The molecule has 40 heavy (non-hydrogen) atoms. The van der Waals surface area contributed by atoms with Crippen LogP contribution in [-0.2, 0) is 31.2 Å². The van der Waals surface area contributed by atoms with E-state index < -0.39 is 11.7 Å². The number of aliphatic hydroxyl groups excluding tert-OH is 1. The molecule has 0 bridgehead atoms. The number of ether oxygens (including phenoxy) is 4. The highest BCUT2D eigenvalue weighted by molar-refractivity contribution is 5.47. The lowest BCUT2D eigenvalue weighted by molar-refractivity contribution is -0.0942. The minimum absolute atomic E-state index is 0.0706. The van der Waals surface area contributed by atoms with Gasteiger partial charge in [-0.3, -0.25) is 0 Å². The monoisotopic (exact) mass is 538 g/mol. The predicted octanol–water partition coefficient (Wildman–Crippen LogP) is 6.16. The van der Waals surface area contributed by atoms with Gasteiger partial charge in [0.25, 0.3) is 0 Å². The zero-order valence-electron chi connectivity index (χ0n) is 22.8. The van der Waals surface area contributed by atoms with Crippen molar-refractivity contribution in [3.05, 3.63) is 156 Å². The van der Waals surface area contributed by atoms with Gasteiger partial charge >= 0.3 is 0 Å². The van der Waals surface area contributed by atoms with Crippen LogP contribution in [0.1, 0.15) is 22.3 Å². The van der Waals surface area contributed by atoms with Crippen molar-refractivity contribution in [2.24, 2.45) is 0 Å². The van der Waals surface area contributed by atoms with Crippen molar-refractivity contribution in [2.45, 2.75) is 24.4 Å². The maximum atomic E-state index is 11.0. The summed E-state index contributed by atoms with van der Waals surface area (Å²) in [5.74, 6) is 0. The smallest absolute Gasteiger partial charge is 0.143 e. The molecule has 0 amide bonds. The molecule has 0 aromatic heterocycles. The van der Waals surface area contributed by atoms with Gasteiger partial charge in [-0.15, -0.1) is 6.58 Å². The van der Waals surface area contributed by atoms with Crippen LogP contribution in [-0.4, -0.2) is 50.3 Å². The highest BCUT2D eigenvalue weighted by atomic mass is 16.6. The van der Waals surface area contributed by atoms with Crippen LogP contribution in [0.2, 0.25) is 0 Å². The minimum Gasteiger partial charge on any atom is -0.388 e. The van der Waals surface area contributed by atoms with Crippen LogP contribution in [0.4, 0.5) is 0 Å². The van der Waals surface area contributed by atoms with Gasteiger partial charge in [-0.2, -0.15) is 0 Å². The Hall–Kier alpha value is -3.58.